The summed E-state index contributed by atoms with van der Waals surface area (Å²) in [4.78, 5) is 22.2. The Morgan fingerprint density at radius 1 is 1.00 bits per heavy atom. The minimum absolute atomic E-state index is 0.0296. The van der Waals surface area contributed by atoms with Crippen molar-refractivity contribution in [2.24, 2.45) is 10.8 Å². The van der Waals surface area contributed by atoms with Gasteiger partial charge in [-0.25, -0.2) is 4.79 Å². The highest BCUT2D eigenvalue weighted by molar-refractivity contribution is 5.84. The van der Waals surface area contributed by atoms with E-state index >= 15 is 0 Å². The van der Waals surface area contributed by atoms with E-state index < -0.39 is 28.4 Å². The van der Waals surface area contributed by atoms with Crippen LogP contribution in [-0.4, -0.2) is 32.9 Å². The highest BCUT2D eigenvalue weighted by Crippen LogP contribution is 2.58. The molecule has 0 amide bonds. The fourth-order valence-corrected chi connectivity index (χ4v) is 2.26. The van der Waals surface area contributed by atoms with Crippen LogP contribution in [0.5, 0.6) is 0 Å². The summed E-state index contributed by atoms with van der Waals surface area (Å²) in [5.41, 5.74) is -4.36. The molecule has 0 spiro atoms. The summed E-state index contributed by atoms with van der Waals surface area (Å²) in [5, 5.41) is 28.1. The lowest BCUT2D eigenvalue weighted by atomic mass is 9.64. The van der Waals surface area contributed by atoms with Gasteiger partial charge in [-0.3, -0.25) is 4.79 Å². The molecule has 0 aromatic rings. The SMILES string of the molecule is CC1(C(=O)O)CCC(O)(C(=O)O)C1(C)C. The van der Waals surface area contributed by atoms with Crippen LogP contribution in [0, 0.1) is 10.8 Å². The van der Waals surface area contributed by atoms with E-state index in [1.54, 1.807) is 0 Å². The summed E-state index contributed by atoms with van der Waals surface area (Å²) in [7, 11) is 0. The minimum atomic E-state index is -1.96. The highest BCUT2D eigenvalue weighted by Gasteiger charge is 2.67. The Kier molecular flexibility index (Phi) is 2.35. The lowest BCUT2D eigenvalue weighted by Crippen LogP contribution is -2.54. The van der Waals surface area contributed by atoms with Crippen molar-refractivity contribution in [3.63, 3.8) is 0 Å². The molecule has 1 aliphatic carbocycles. The number of aliphatic carboxylic acids is 2. The van der Waals surface area contributed by atoms with Gasteiger partial charge in [0.05, 0.1) is 5.41 Å². The molecule has 0 aliphatic heterocycles. The quantitative estimate of drug-likeness (QED) is 0.632. The summed E-state index contributed by atoms with van der Waals surface area (Å²) in [5.74, 6) is -2.41. The Balaban J connectivity index is 3.26. The van der Waals surface area contributed by atoms with Crippen LogP contribution < -0.4 is 0 Å². The number of aliphatic hydroxyl groups is 1. The Labute approximate surface area is 87.7 Å². The molecule has 5 nitrogen and oxygen atoms in total. The van der Waals surface area contributed by atoms with E-state index in [1.165, 1.54) is 20.8 Å². The number of hydrogen-bond donors (Lipinski definition) is 3. The Bertz CT molecular complexity index is 292. The Morgan fingerprint density at radius 2 is 1.47 bits per heavy atom. The third-order valence-corrected chi connectivity index (χ3v) is 4.23. The molecule has 1 rings (SSSR count). The van der Waals surface area contributed by atoms with Crippen molar-refractivity contribution < 1.29 is 24.9 Å². The zero-order chi connectivity index (χ0) is 12.1. The van der Waals surface area contributed by atoms with Crippen LogP contribution in [-0.2, 0) is 9.59 Å². The molecule has 0 aromatic heterocycles. The maximum absolute atomic E-state index is 11.1. The standard InChI is InChI=1S/C10H16O5/c1-8(2)9(3,6(11)12)4-5-10(8,15)7(13)14/h15H,4-5H2,1-3H3,(H,11,12)(H,13,14). The van der Waals surface area contributed by atoms with E-state index in [2.05, 4.69) is 0 Å². The van der Waals surface area contributed by atoms with Gasteiger partial charge < -0.3 is 15.3 Å². The van der Waals surface area contributed by atoms with E-state index in [0.29, 0.717) is 0 Å². The molecule has 2 unspecified atom stereocenters. The van der Waals surface area contributed by atoms with Crippen molar-refractivity contribution in [1.82, 2.24) is 0 Å². The smallest absolute Gasteiger partial charge is 0.336 e. The lowest BCUT2D eigenvalue weighted by Gasteiger charge is -2.41. The number of carbonyl (C=O) groups is 2. The predicted molar refractivity (Wildman–Crippen MR) is 51.3 cm³/mol. The van der Waals surface area contributed by atoms with Gasteiger partial charge in [-0.2, -0.15) is 0 Å². The lowest BCUT2D eigenvalue weighted by molar-refractivity contribution is -0.179. The summed E-state index contributed by atoms with van der Waals surface area (Å²) in [6.07, 6.45) is 0.135. The molecule has 0 bridgehead atoms. The van der Waals surface area contributed by atoms with Gasteiger partial charge in [0, 0.05) is 5.41 Å². The molecule has 0 aromatic carbocycles. The Hall–Kier alpha value is -1.10. The van der Waals surface area contributed by atoms with Crippen LogP contribution in [0.15, 0.2) is 0 Å². The molecule has 0 saturated heterocycles. The van der Waals surface area contributed by atoms with Crippen LogP contribution >= 0.6 is 0 Å². The molecule has 5 heteroatoms. The zero-order valence-electron chi connectivity index (χ0n) is 9.07. The second kappa shape index (κ2) is 2.95. The van der Waals surface area contributed by atoms with Gasteiger partial charge in [0.2, 0.25) is 0 Å². The van der Waals surface area contributed by atoms with Gasteiger partial charge in [0.15, 0.2) is 5.60 Å². The highest BCUT2D eigenvalue weighted by atomic mass is 16.4. The average molecular weight is 216 g/mol. The summed E-state index contributed by atoms with van der Waals surface area (Å²) >= 11 is 0. The first-order valence-electron chi connectivity index (χ1n) is 4.79. The van der Waals surface area contributed by atoms with Crippen LogP contribution in [0.4, 0.5) is 0 Å². The summed E-state index contributed by atoms with van der Waals surface area (Å²) in [6.45, 7) is 4.46. The van der Waals surface area contributed by atoms with E-state index in [9.17, 15) is 14.7 Å². The molecule has 1 saturated carbocycles. The zero-order valence-corrected chi connectivity index (χ0v) is 9.07. The third-order valence-electron chi connectivity index (χ3n) is 4.23. The monoisotopic (exact) mass is 216 g/mol. The maximum atomic E-state index is 11.1. The molecule has 3 N–H and O–H groups in total. The first kappa shape index (κ1) is 12.0. The second-order valence-electron chi connectivity index (χ2n) is 4.93. The molecule has 86 valence electrons. The average Bonchev–Trinajstić information content (AvgIpc) is 2.28. The van der Waals surface area contributed by atoms with E-state index in [-0.39, 0.29) is 12.8 Å². The molecular weight excluding hydrogens is 200 g/mol. The van der Waals surface area contributed by atoms with Gasteiger partial charge in [-0.1, -0.05) is 13.8 Å². The predicted octanol–water partition coefficient (Wildman–Crippen LogP) is 0.713. The van der Waals surface area contributed by atoms with Crippen molar-refractivity contribution in [2.75, 3.05) is 0 Å². The van der Waals surface area contributed by atoms with Crippen molar-refractivity contribution in [3.8, 4) is 0 Å². The number of carboxylic acid groups (broad SMARTS) is 2. The fraction of sp³-hybridized carbons (Fsp3) is 0.800. The molecule has 15 heavy (non-hydrogen) atoms. The largest absolute Gasteiger partial charge is 0.481 e. The number of carboxylic acids is 2. The second-order valence-corrected chi connectivity index (χ2v) is 4.93. The Morgan fingerprint density at radius 3 is 1.67 bits per heavy atom. The first-order valence-corrected chi connectivity index (χ1v) is 4.79. The van der Waals surface area contributed by atoms with Crippen molar-refractivity contribution in [1.29, 1.82) is 0 Å². The topological polar surface area (TPSA) is 94.8 Å². The van der Waals surface area contributed by atoms with Crippen molar-refractivity contribution >= 4 is 11.9 Å². The molecule has 1 aliphatic rings. The molecule has 2 atom stereocenters. The minimum Gasteiger partial charge on any atom is -0.481 e. The molecule has 0 heterocycles. The summed E-state index contributed by atoms with van der Waals surface area (Å²) < 4.78 is 0. The van der Waals surface area contributed by atoms with Crippen LogP contribution in [0.2, 0.25) is 0 Å². The number of rotatable bonds is 2. The van der Waals surface area contributed by atoms with Crippen molar-refractivity contribution in [2.45, 2.75) is 39.2 Å². The van der Waals surface area contributed by atoms with Gasteiger partial charge in [-0.15, -0.1) is 0 Å². The van der Waals surface area contributed by atoms with Gasteiger partial charge in [-0.05, 0) is 19.8 Å². The van der Waals surface area contributed by atoms with Crippen LogP contribution in [0.3, 0.4) is 0 Å². The van der Waals surface area contributed by atoms with E-state index in [0.717, 1.165) is 0 Å². The molecule has 1 fully saturated rings. The summed E-state index contributed by atoms with van der Waals surface area (Å²) in [6, 6.07) is 0. The third kappa shape index (κ3) is 1.19. The number of hydrogen-bond acceptors (Lipinski definition) is 3. The molecule has 0 radical (unpaired) electrons. The normalized spacial score (nSPS) is 38.9. The van der Waals surface area contributed by atoms with Gasteiger partial charge >= 0.3 is 11.9 Å². The van der Waals surface area contributed by atoms with Crippen LogP contribution in [0.25, 0.3) is 0 Å². The van der Waals surface area contributed by atoms with Gasteiger partial charge in [0.1, 0.15) is 0 Å². The van der Waals surface area contributed by atoms with E-state index in [4.69, 9.17) is 10.2 Å². The maximum Gasteiger partial charge on any atom is 0.336 e. The van der Waals surface area contributed by atoms with Gasteiger partial charge in [0.25, 0.3) is 0 Å². The molecular formula is C10H16O5. The first-order chi connectivity index (χ1) is 6.59. The van der Waals surface area contributed by atoms with Crippen molar-refractivity contribution in [3.05, 3.63) is 0 Å². The fourth-order valence-electron chi connectivity index (χ4n) is 2.26. The van der Waals surface area contributed by atoms with Crippen LogP contribution in [0.1, 0.15) is 33.6 Å². The van der Waals surface area contributed by atoms with E-state index in [1.807, 2.05) is 0 Å².